The van der Waals surface area contributed by atoms with Gasteiger partial charge in [0.25, 0.3) is 5.91 Å². The Morgan fingerprint density at radius 2 is 1.81 bits per heavy atom. The van der Waals surface area contributed by atoms with Crippen molar-refractivity contribution in [3.8, 4) is 11.8 Å². The topological polar surface area (TPSA) is 73.8 Å². The van der Waals surface area contributed by atoms with Gasteiger partial charge in [-0.15, -0.1) is 0 Å². The molecule has 1 aliphatic heterocycles. The normalized spacial score (nSPS) is 16.7. The van der Waals surface area contributed by atoms with Crippen molar-refractivity contribution in [2.24, 2.45) is 4.99 Å². The minimum absolute atomic E-state index is 0.131. The van der Waals surface area contributed by atoms with Gasteiger partial charge in [-0.25, -0.2) is 0 Å². The number of hydrogen-bond acceptors (Lipinski definition) is 4. The summed E-state index contributed by atoms with van der Waals surface area (Å²) in [5.41, 5.74) is 5.79. The average molecular weight is 477 g/mol. The number of benzene rings is 3. The first-order valence-corrected chi connectivity index (χ1v) is 12.1. The second kappa shape index (κ2) is 10.2. The minimum Gasteiger partial charge on any atom is -0.343 e. The Morgan fingerprint density at radius 3 is 2.50 bits per heavy atom. The molecule has 180 valence electrons. The molecule has 1 unspecified atom stereocenters. The zero-order valence-corrected chi connectivity index (χ0v) is 20.4. The third-order valence-corrected chi connectivity index (χ3v) is 6.14. The summed E-state index contributed by atoms with van der Waals surface area (Å²) in [5.74, 6) is 4.60. The summed E-state index contributed by atoms with van der Waals surface area (Å²) in [7, 11) is 4.07. The van der Waals surface area contributed by atoms with Crippen LogP contribution in [0.1, 0.15) is 41.0 Å². The molecular formula is C30H28N4O2. The highest BCUT2D eigenvalue weighted by atomic mass is 16.2. The lowest BCUT2D eigenvalue weighted by Crippen LogP contribution is -2.23. The van der Waals surface area contributed by atoms with Crippen LogP contribution in [0.2, 0.25) is 0 Å². The van der Waals surface area contributed by atoms with E-state index in [1.807, 2.05) is 74.8 Å². The lowest BCUT2D eigenvalue weighted by atomic mass is 9.90. The third-order valence-electron chi connectivity index (χ3n) is 6.14. The zero-order chi connectivity index (χ0) is 25.1. The number of fused-ring (bicyclic) bond motifs is 1. The standard InChI is InChI=1S/C30H28N4O2/c1-34(2)19-21-8-12-24(13-9-21)32-29(22-6-4-3-5-7-22)28-25-16-10-20(18-26(25)33-30(28)36)11-17-27(35)31-23-14-15-23/h3-10,12-13,16,18,23,28H,14-15,19H2,1-2H3,(H,31,35)(H,33,36). The summed E-state index contributed by atoms with van der Waals surface area (Å²) in [6.45, 7) is 0.849. The fourth-order valence-corrected chi connectivity index (χ4v) is 4.27. The van der Waals surface area contributed by atoms with Crippen LogP contribution in [-0.4, -0.2) is 42.6 Å². The Kier molecular flexibility index (Phi) is 6.66. The number of aliphatic imine (C=N–C) groups is 1. The number of hydrogen-bond donors (Lipinski definition) is 2. The number of nitrogens with zero attached hydrogens (tertiary/aromatic N) is 2. The van der Waals surface area contributed by atoms with Gasteiger partial charge in [0.05, 0.1) is 11.4 Å². The maximum atomic E-state index is 13.2. The molecular weight excluding hydrogens is 448 g/mol. The van der Waals surface area contributed by atoms with E-state index in [1.165, 1.54) is 5.56 Å². The molecule has 0 radical (unpaired) electrons. The van der Waals surface area contributed by atoms with Crippen molar-refractivity contribution in [1.82, 2.24) is 10.2 Å². The summed E-state index contributed by atoms with van der Waals surface area (Å²) >= 11 is 0. The molecule has 0 saturated heterocycles. The molecule has 0 bridgehead atoms. The van der Waals surface area contributed by atoms with E-state index in [2.05, 4.69) is 39.5 Å². The van der Waals surface area contributed by atoms with Gasteiger partial charge >= 0.3 is 0 Å². The van der Waals surface area contributed by atoms with Gasteiger partial charge in [-0.1, -0.05) is 54.5 Å². The van der Waals surface area contributed by atoms with Crippen LogP contribution in [0.5, 0.6) is 0 Å². The monoisotopic (exact) mass is 476 g/mol. The highest BCUT2D eigenvalue weighted by Crippen LogP contribution is 2.37. The summed E-state index contributed by atoms with van der Waals surface area (Å²) < 4.78 is 0. The lowest BCUT2D eigenvalue weighted by molar-refractivity contribution is -0.116. The fourth-order valence-electron chi connectivity index (χ4n) is 4.27. The maximum absolute atomic E-state index is 13.2. The minimum atomic E-state index is -0.552. The Hall–Kier alpha value is -4.21. The highest BCUT2D eigenvalue weighted by molar-refractivity contribution is 6.24. The van der Waals surface area contributed by atoms with Gasteiger partial charge in [-0.05, 0) is 67.9 Å². The maximum Gasteiger partial charge on any atom is 0.296 e. The Labute approximate surface area is 211 Å². The van der Waals surface area contributed by atoms with Crippen molar-refractivity contribution in [3.63, 3.8) is 0 Å². The van der Waals surface area contributed by atoms with Gasteiger partial charge in [0.1, 0.15) is 5.92 Å². The number of amides is 2. The number of rotatable bonds is 6. The summed E-state index contributed by atoms with van der Waals surface area (Å²) in [6.07, 6.45) is 2.04. The van der Waals surface area contributed by atoms with Crippen LogP contribution in [0, 0.1) is 11.8 Å². The first-order chi connectivity index (χ1) is 17.5. The SMILES string of the molecule is CN(C)Cc1ccc(N=C(c2ccccc2)C2C(=O)Nc3cc(C#CC(=O)NC4CC4)ccc32)cc1. The molecule has 3 aromatic rings. The quantitative estimate of drug-likeness (QED) is 0.413. The highest BCUT2D eigenvalue weighted by Gasteiger charge is 2.35. The van der Waals surface area contributed by atoms with Crippen LogP contribution in [0.4, 0.5) is 11.4 Å². The predicted octanol–water partition coefficient (Wildman–Crippen LogP) is 4.24. The first kappa shape index (κ1) is 23.5. The third kappa shape index (κ3) is 5.54. The van der Waals surface area contributed by atoms with Crippen molar-refractivity contribution in [1.29, 1.82) is 0 Å². The molecule has 36 heavy (non-hydrogen) atoms. The van der Waals surface area contributed by atoms with Crippen LogP contribution < -0.4 is 10.6 Å². The van der Waals surface area contributed by atoms with Crippen LogP contribution >= 0.6 is 0 Å². The van der Waals surface area contributed by atoms with Gasteiger partial charge in [-0.3, -0.25) is 14.6 Å². The van der Waals surface area contributed by atoms with Crippen LogP contribution in [0.3, 0.4) is 0 Å². The number of nitrogens with one attached hydrogen (secondary N) is 2. The Balaban J connectivity index is 1.47. The van der Waals surface area contributed by atoms with E-state index in [0.29, 0.717) is 17.0 Å². The van der Waals surface area contributed by atoms with Crippen LogP contribution in [0.15, 0.2) is 77.8 Å². The number of carbonyl (C=O) groups excluding carboxylic acids is 2. The zero-order valence-electron chi connectivity index (χ0n) is 20.4. The molecule has 1 aliphatic carbocycles. The molecule has 6 heteroatoms. The molecule has 0 spiro atoms. The van der Waals surface area contributed by atoms with Crippen molar-refractivity contribution in [2.75, 3.05) is 19.4 Å². The van der Waals surface area contributed by atoms with Gasteiger partial charge in [0, 0.05) is 29.8 Å². The van der Waals surface area contributed by atoms with Crippen molar-refractivity contribution < 1.29 is 9.59 Å². The summed E-state index contributed by atoms with van der Waals surface area (Å²) in [6, 6.07) is 23.7. The Morgan fingerprint density at radius 1 is 1.06 bits per heavy atom. The van der Waals surface area contributed by atoms with Gasteiger partial charge < -0.3 is 15.5 Å². The van der Waals surface area contributed by atoms with E-state index in [4.69, 9.17) is 4.99 Å². The van der Waals surface area contributed by atoms with Crippen LogP contribution in [0.25, 0.3) is 0 Å². The van der Waals surface area contributed by atoms with Gasteiger partial charge in [0.2, 0.25) is 5.91 Å². The molecule has 1 heterocycles. The smallest absolute Gasteiger partial charge is 0.296 e. The molecule has 3 aromatic carbocycles. The van der Waals surface area contributed by atoms with Gasteiger partial charge in [0.15, 0.2) is 0 Å². The molecule has 0 aromatic heterocycles. The Bertz CT molecular complexity index is 1380. The number of carbonyl (C=O) groups is 2. The van der Waals surface area contributed by atoms with Crippen LogP contribution in [-0.2, 0) is 16.1 Å². The molecule has 1 atom stereocenters. The van der Waals surface area contributed by atoms with Crippen molar-refractivity contribution >= 4 is 28.9 Å². The molecule has 5 rings (SSSR count). The summed E-state index contributed by atoms with van der Waals surface area (Å²) in [4.78, 5) is 32.2. The largest absolute Gasteiger partial charge is 0.343 e. The summed E-state index contributed by atoms with van der Waals surface area (Å²) in [5, 5.41) is 5.85. The van der Waals surface area contributed by atoms with Crippen molar-refractivity contribution in [3.05, 3.63) is 95.1 Å². The van der Waals surface area contributed by atoms with E-state index in [9.17, 15) is 9.59 Å². The fraction of sp³-hybridized carbons (Fsp3) is 0.233. The lowest BCUT2D eigenvalue weighted by Gasteiger charge is -2.14. The predicted molar refractivity (Wildman–Crippen MR) is 142 cm³/mol. The molecule has 2 aliphatic rings. The molecule has 2 N–H and O–H groups in total. The molecule has 1 saturated carbocycles. The average Bonchev–Trinajstić information content (AvgIpc) is 3.62. The second-order valence-electron chi connectivity index (χ2n) is 9.49. The molecule has 6 nitrogen and oxygen atoms in total. The van der Waals surface area contributed by atoms with E-state index in [0.717, 1.165) is 36.2 Å². The second-order valence-corrected chi connectivity index (χ2v) is 9.49. The molecule has 2 amide bonds. The van der Waals surface area contributed by atoms with Gasteiger partial charge in [-0.2, -0.15) is 0 Å². The first-order valence-electron chi connectivity index (χ1n) is 12.1. The molecule has 1 fully saturated rings. The van der Waals surface area contributed by atoms with E-state index in [-0.39, 0.29) is 17.9 Å². The van der Waals surface area contributed by atoms with E-state index < -0.39 is 5.92 Å². The number of anilines is 1. The van der Waals surface area contributed by atoms with E-state index in [1.54, 1.807) is 0 Å². The van der Waals surface area contributed by atoms with E-state index >= 15 is 0 Å². The van der Waals surface area contributed by atoms with Crippen molar-refractivity contribution in [2.45, 2.75) is 31.3 Å².